The molecule has 1 unspecified atom stereocenters. The van der Waals surface area contributed by atoms with E-state index in [0.717, 1.165) is 24.1 Å². The molecule has 1 fully saturated rings. The quantitative estimate of drug-likeness (QED) is 0.852. The molecule has 0 aliphatic heterocycles. The van der Waals surface area contributed by atoms with Gasteiger partial charge in [0, 0.05) is 6.20 Å². The molecule has 1 N–H and O–H groups in total. The highest BCUT2D eigenvalue weighted by molar-refractivity contribution is 6.30. The molecule has 1 aromatic heterocycles. The second-order valence-electron chi connectivity index (χ2n) is 5.63. The van der Waals surface area contributed by atoms with Crippen LogP contribution in [0.15, 0.2) is 18.3 Å². The Morgan fingerprint density at radius 1 is 1.26 bits per heavy atom. The van der Waals surface area contributed by atoms with Crippen LogP contribution in [-0.4, -0.2) is 11.5 Å². The second kappa shape index (κ2) is 7.25. The van der Waals surface area contributed by atoms with Gasteiger partial charge >= 0.3 is 0 Å². The van der Waals surface area contributed by atoms with Gasteiger partial charge < -0.3 is 5.32 Å². The van der Waals surface area contributed by atoms with E-state index < -0.39 is 0 Å². The first kappa shape index (κ1) is 14.8. The minimum atomic E-state index is 0.389. The molecule has 0 radical (unpaired) electrons. The van der Waals surface area contributed by atoms with Crippen molar-refractivity contribution in [1.82, 2.24) is 10.3 Å². The topological polar surface area (TPSA) is 24.9 Å². The van der Waals surface area contributed by atoms with Crippen molar-refractivity contribution in [2.75, 3.05) is 6.54 Å². The molecule has 106 valence electrons. The summed E-state index contributed by atoms with van der Waals surface area (Å²) in [7, 11) is 0. The lowest BCUT2D eigenvalue weighted by Crippen LogP contribution is -2.31. The summed E-state index contributed by atoms with van der Waals surface area (Å²) in [6.07, 6.45) is 8.48. The zero-order valence-electron chi connectivity index (χ0n) is 12.0. The SMILES string of the molecule is CCNC(c1ccc(Cl)cn1)C1CCC(CC)CC1. The lowest BCUT2D eigenvalue weighted by Gasteiger charge is -2.33. The molecular formula is C16H25ClN2. The van der Waals surface area contributed by atoms with Crippen molar-refractivity contribution in [2.45, 2.75) is 52.0 Å². The predicted octanol–water partition coefficient (Wildman–Crippen LogP) is 4.60. The first-order valence-electron chi connectivity index (χ1n) is 7.59. The lowest BCUT2D eigenvalue weighted by atomic mass is 9.77. The average molecular weight is 281 g/mol. The lowest BCUT2D eigenvalue weighted by molar-refractivity contribution is 0.218. The molecule has 1 saturated carbocycles. The molecule has 2 nitrogen and oxygen atoms in total. The van der Waals surface area contributed by atoms with E-state index in [-0.39, 0.29) is 0 Å². The molecule has 1 aromatic rings. The van der Waals surface area contributed by atoms with Crippen LogP contribution in [0.3, 0.4) is 0 Å². The summed E-state index contributed by atoms with van der Waals surface area (Å²) in [4.78, 5) is 4.52. The Morgan fingerprint density at radius 3 is 2.53 bits per heavy atom. The molecule has 0 spiro atoms. The molecule has 1 aliphatic carbocycles. The van der Waals surface area contributed by atoms with Crippen LogP contribution in [0.5, 0.6) is 0 Å². The van der Waals surface area contributed by atoms with Gasteiger partial charge in [-0.25, -0.2) is 0 Å². The van der Waals surface area contributed by atoms with Crippen molar-refractivity contribution in [2.24, 2.45) is 11.8 Å². The molecule has 0 saturated heterocycles. The van der Waals surface area contributed by atoms with E-state index in [1.165, 1.54) is 32.1 Å². The number of pyridine rings is 1. The van der Waals surface area contributed by atoms with Crippen molar-refractivity contribution < 1.29 is 0 Å². The minimum Gasteiger partial charge on any atom is -0.309 e. The molecule has 0 amide bonds. The summed E-state index contributed by atoms with van der Waals surface area (Å²) in [5.41, 5.74) is 1.14. The average Bonchev–Trinajstić information content (AvgIpc) is 2.46. The largest absolute Gasteiger partial charge is 0.309 e. The number of hydrogen-bond acceptors (Lipinski definition) is 2. The molecule has 2 rings (SSSR count). The van der Waals surface area contributed by atoms with Crippen molar-refractivity contribution in [3.63, 3.8) is 0 Å². The smallest absolute Gasteiger partial charge is 0.0589 e. The summed E-state index contributed by atoms with van der Waals surface area (Å²) in [5, 5.41) is 4.33. The highest BCUT2D eigenvalue weighted by atomic mass is 35.5. The first-order valence-corrected chi connectivity index (χ1v) is 7.97. The van der Waals surface area contributed by atoms with E-state index in [2.05, 4.69) is 30.2 Å². The summed E-state index contributed by atoms with van der Waals surface area (Å²) in [6.45, 7) is 5.47. The standard InChI is InChI=1S/C16H25ClN2/c1-3-12-5-7-13(8-6-12)16(18-4-2)15-10-9-14(17)11-19-15/h9-13,16,18H,3-8H2,1-2H3. The third kappa shape index (κ3) is 3.93. The fourth-order valence-corrected chi connectivity index (χ4v) is 3.35. The maximum absolute atomic E-state index is 5.93. The molecule has 1 aliphatic rings. The van der Waals surface area contributed by atoms with Crippen molar-refractivity contribution in [3.05, 3.63) is 29.0 Å². The number of rotatable bonds is 5. The Hall–Kier alpha value is -0.600. The monoisotopic (exact) mass is 280 g/mol. The maximum atomic E-state index is 5.93. The van der Waals surface area contributed by atoms with Gasteiger partial charge in [-0.1, -0.05) is 44.7 Å². The zero-order chi connectivity index (χ0) is 13.7. The fraction of sp³-hybridized carbons (Fsp3) is 0.688. The highest BCUT2D eigenvalue weighted by Crippen LogP contribution is 2.37. The van der Waals surface area contributed by atoms with Crippen LogP contribution in [-0.2, 0) is 0 Å². The number of halogens is 1. The van der Waals surface area contributed by atoms with E-state index in [1.54, 1.807) is 6.20 Å². The second-order valence-corrected chi connectivity index (χ2v) is 6.06. The van der Waals surface area contributed by atoms with Gasteiger partial charge in [0.15, 0.2) is 0 Å². The van der Waals surface area contributed by atoms with Crippen molar-refractivity contribution in [1.29, 1.82) is 0 Å². The highest BCUT2D eigenvalue weighted by Gasteiger charge is 2.28. The Balaban J connectivity index is 2.05. The molecule has 0 aromatic carbocycles. The summed E-state index contributed by atoms with van der Waals surface area (Å²) in [6, 6.07) is 4.41. The summed E-state index contributed by atoms with van der Waals surface area (Å²) in [5.74, 6) is 1.66. The van der Waals surface area contributed by atoms with Gasteiger partial charge in [0.05, 0.1) is 16.8 Å². The van der Waals surface area contributed by atoms with Gasteiger partial charge in [0.25, 0.3) is 0 Å². The van der Waals surface area contributed by atoms with Crippen LogP contribution in [0.4, 0.5) is 0 Å². The Morgan fingerprint density at radius 2 is 2.00 bits per heavy atom. The molecule has 1 heterocycles. The van der Waals surface area contributed by atoms with Crippen LogP contribution in [0, 0.1) is 11.8 Å². The number of nitrogens with zero attached hydrogens (tertiary/aromatic N) is 1. The van der Waals surface area contributed by atoms with Gasteiger partial charge in [-0.05, 0) is 43.4 Å². The first-order chi connectivity index (χ1) is 9.24. The summed E-state index contributed by atoms with van der Waals surface area (Å²) < 4.78 is 0. The normalized spacial score (nSPS) is 25.2. The number of hydrogen-bond donors (Lipinski definition) is 1. The molecule has 3 heteroatoms. The van der Waals surface area contributed by atoms with Crippen LogP contribution in [0.2, 0.25) is 5.02 Å². The van der Waals surface area contributed by atoms with Gasteiger partial charge in [0.1, 0.15) is 0 Å². The van der Waals surface area contributed by atoms with Crippen LogP contribution >= 0.6 is 11.6 Å². The molecule has 19 heavy (non-hydrogen) atoms. The van der Waals surface area contributed by atoms with Crippen LogP contribution in [0.25, 0.3) is 0 Å². The minimum absolute atomic E-state index is 0.389. The molecular weight excluding hydrogens is 256 g/mol. The van der Waals surface area contributed by atoms with E-state index in [0.29, 0.717) is 11.1 Å². The van der Waals surface area contributed by atoms with Crippen LogP contribution < -0.4 is 5.32 Å². The van der Waals surface area contributed by atoms with E-state index in [1.807, 2.05) is 6.07 Å². The Kier molecular flexibility index (Phi) is 5.65. The number of aromatic nitrogens is 1. The fourth-order valence-electron chi connectivity index (χ4n) is 3.23. The van der Waals surface area contributed by atoms with Gasteiger partial charge in [-0.2, -0.15) is 0 Å². The number of nitrogens with one attached hydrogen (secondary N) is 1. The van der Waals surface area contributed by atoms with Gasteiger partial charge in [-0.15, -0.1) is 0 Å². The zero-order valence-corrected chi connectivity index (χ0v) is 12.8. The maximum Gasteiger partial charge on any atom is 0.0589 e. The summed E-state index contributed by atoms with van der Waals surface area (Å²) >= 11 is 5.93. The third-order valence-corrected chi connectivity index (χ3v) is 4.66. The Bertz CT molecular complexity index is 369. The van der Waals surface area contributed by atoms with E-state index in [9.17, 15) is 0 Å². The third-order valence-electron chi connectivity index (χ3n) is 4.43. The van der Waals surface area contributed by atoms with Crippen molar-refractivity contribution in [3.8, 4) is 0 Å². The van der Waals surface area contributed by atoms with Crippen molar-refractivity contribution >= 4 is 11.6 Å². The molecule has 1 atom stereocenters. The Labute approximate surface area is 122 Å². The van der Waals surface area contributed by atoms with Crippen LogP contribution in [0.1, 0.15) is 57.7 Å². The van der Waals surface area contributed by atoms with Gasteiger partial charge in [0.2, 0.25) is 0 Å². The van der Waals surface area contributed by atoms with Gasteiger partial charge in [-0.3, -0.25) is 4.98 Å². The molecule has 0 bridgehead atoms. The van der Waals surface area contributed by atoms with E-state index in [4.69, 9.17) is 11.6 Å². The van der Waals surface area contributed by atoms with E-state index >= 15 is 0 Å². The predicted molar refractivity (Wildman–Crippen MR) is 81.4 cm³/mol.